The first kappa shape index (κ1) is 16.3. The number of nitrogens with one attached hydrogen (secondary N) is 1. The highest BCUT2D eigenvalue weighted by atomic mass is 19.1. The minimum absolute atomic E-state index is 0.0580. The molecule has 0 radical (unpaired) electrons. The van der Waals surface area contributed by atoms with Gasteiger partial charge < -0.3 is 15.1 Å². The van der Waals surface area contributed by atoms with Crippen molar-refractivity contribution in [2.75, 3.05) is 31.7 Å². The van der Waals surface area contributed by atoms with Gasteiger partial charge in [0.25, 0.3) is 5.91 Å². The molecular formula is C13H19F2N3O2. The summed E-state index contributed by atoms with van der Waals surface area (Å²) in [4.78, 5) is 13.6. The van der Waals surface area contributed by atoms with Gasteiger partial charge in [0.2, 0.25) is 0 Å². The first-order valence-corrected chi connectivity index (χ1v) is 6.37. The van der Waals surface area contributed by atoms with E-state index in [4.69, 9.17) is 10.6 Å². The minimum Gasteiger partial charge on any atom is -0.380 e. The van der Waals surface area contributed by atoms with Crippen molar-refractivity contribution in [3.05, 3.63) is 29.3 Å². The number of benzene rings is 1. The molecule has 0 saturated carbocycles. The zero-order valence-electron chi connectivity index (χ0n) is 11.6. The van der Waals surface area contributed by atoms with Crippen LogP contribution in [0.5, 0.6) is 0 Å². The van der Waals surface area contributed by atoms with E-state index in [2.05, 4.69) is 0 Å². The monoisotopic (exact) mass is 287 g/mol. The summed E-state index contributed by atoms with van der Waals surface area (Å²) in [5.41, 5.74) is 1.40. The maximum atomic E-state index is 13.6. The number of hydrogen-bond donors (Lipinski definition) is 2. The predicted octanol–water partition coefficient (Wildman–Crippen LogP) is 1.75. The topological polar surface area (TPSA) is 67.6 Å². The number of nitrogens with two attached hydrogens (primary N) is 1. The molecule has 112 valence electrons. The smallest absolute Gasteiger partial charge is 0.254 e. The molecule has 1 rings (SSSR count). The van der Waals surface area contributed by atoms with Crippen molar-refractivity contribution in [2.24, 2.45) is 5.84 Å². The Morgan fingerprint density at radius 1 is 1.35 bits per heavy atom. The number of ether oxygens (including phenoxy) is 1. The van der Waals surface area contributed by atoms with Crippen LogP contribution >= 0.6 is 0 Å². The Balaban J connectivity index is 2.89. The number of carbonyl (C=O) groups excluding carboxylic acids is 1. The minimum atomic E-state index is -0.906. The summed E-state index contributed by atoms with van der Waals surface area (Å²) in [6.07, 6.45) is 0. The summed E-state index contributed by atoms with van der Waals surface area (Å²) in [5, 5.41) is 0. The SMILES string of the molecule is CCOCCN(CC)C(=O)c1cc(F)c(NN)c(F)c1. The van der Waals surface area contributed by atoms with Crippen molar-refractivity contribution >= 4 is 11.6 Å². The first-order valence-electron chi connectivity index (χ1n) is 6.37. The van der Waals surface area contributed by atoms with Crippen LogP contribution in [-0.2, 0) is 4.74 Å². The summed E-state index contributed by atoms with van der Waals surface area (Å²) in [6, 6.07) is 1.92. The molecule has 0 aliphatic heterocycles. The first-order chi connectivity index (χ1) is 9.54. The number of nitrogen functional groups attached to an aromatic ring is 1. The Labute approximate surface area is 116 Å². The van der Waals surface area contributed by atoms with Gasteiger partial charge in [0.05, 0.1) is 6.61 Å². The van der Waals surface area contributed by atoms with Crippen molar-refractivity contribution in [3.63, 3.8) is 0 Å². The van der Waals surface area contributed by atoms with Crippen LogP contribution in [0.15, 0.2) is 12.1 Å². The Morgan fingerprint density at radius 3 is 2.40 bits per heavy atom. The van der Waals surface area contributed by atoms with Crippen LogP contribution in [0, 0.1) is 11.6 Å². The molecule has 0 atom stereocenters. The highest BCUT2D eigenvalue weighted by Crippen LogP contribution is 2.20. The summed E-state index contributed by atoms with van der Waals surface area (Å²) >= 11 is 0. The van der Waals surface area contributed by atoms with Gasteiger partial charge in [-0.25, -0.2) is 8.78 Å². The van der Waals surface area contributed by atoms with Gasteiger partial charge in [0.1, 0.15) is 5.69 Å². The summed E-state index contributed by atoms with van der Waals surface area (Å²) in [6.45, 7) is 5.35. The number of likely N-dealkylation sites (N-methyl/N-ethyl adjacent to an activating group) is 1. The lowest BCUT2D eigenvalue weighted by Crippen LogP contribution is -2.34. The number of carbonyl (C=O) groups is 1. The van der Waals surface area contributed by atoms with Gasteiger partial charge in [-0.05, 0) is 26.0 Å². The van der Waals surface area contributed by atoms with E-state index in [0.29, 0.717) is 26.3 Å². The molecule has 0 heterocycles. The van der Waals surface area contributed by atoms with Gasteiger partial charge in [-0.1, -0.05) is 0 Å². The molecule has 5 nitrogen and oxygen atoms in total. The molecule has 0 aromatic heterocycles. The highest BCUT2D eigenvalue weighted by molar-refractivity contribution is 5.94. The standard InChI is InChI=1S/C13H19F2N3O2/c1-3-18(5-6-20-4-2)13(19)9-7-10(14)12(17-16)11(15)8-9/h7-8,17H,3-6,16H2,1-2H3. The summed E-state index contributed by atoms with van der Waals surface area (Å²) < 4.78 is 32.3. The van der Waals surface area contributed by atoms with Crippen molar-refractivity contribution in [3.8, 4) is 0 Å². The molecular weight excluding hydrogens is 268 g/mol. The average molecular weight is 287 g/mol. The molecule has 0 saturated heterocycles. The second kappa shape index (κ2) is 7.76. The maximum Gasteiger partial charge on any atom is 0.254 e. The van der Waals surface area contributed by atoms with Gasteiger partial charge in [0.15, 0.2) is 11.6 Å². The van der Waals surface area contributed by atoms with Gasteiger partial charge in [0, 0.05) is 25.3 Å². The molecule has 3 N–H and O–H groups in total. The van der Waals surface area contributed by atoms with Gasteiger partial charge in [-0.2, -0.15) is 0 Å². The molecule has 1 aromatic carbocycles. The molecule has 0 unspecified atom stereocenters. The van der Waals surface area contributed by atoms with Crippen LogP contribution in [0.3, 0.4) is 0 Å². The van der Waals surface area contributed by atoms with E-state index in [-0.39, 0.29) is 5.56 Å². The zero-order chi connectivity index (χ0) is 15.1. The lowest BCUT2D eigenvalue weighted by Gasteiger charge is -2.21. The Bertz CT molecular complexity index is 446. The van der Waals surface area contributed by atoms with Crippen LogP contribution in [0.25, 0.3) is 0 Å². The zero-order valence-corrected chi connectivity index (χ0v) is 11.6. The van der Waals surface area contributed by atoms with Gasteiger partial charge >= 0.3 is 0 Å². The summed E-state index contributed by atoms with van der Waals surface area (Å²) in [7, 11) is 0. The number of rotatable bonds is 7. The predicted molar refractivity (Wildman–Crippen MR) is 72.2 cm³/mol. The van der Waals surface area contributed by atoms with Gasteiger partial charge in [-0.3, -0.25) is 10.6 Å². The lowest BCUT2D eigenvalue weighted by molar-refractivity contribution is 0.0668. The maximum absolute atomic E-state index is 13.6. The molecule has 0 spiro atoms. The van der Waals surface area contributed by atoms with E-state index in [1.807, 2.05) is 12.3 Å². The largest absolute Gasteiger partial charge is 0.380 e. The van der Waals surface area contributed by atoms with Crippen LogP contribution in [0.1, 0.15) is 24.2 Å². The second-order valence-electron chi connectivity index (χ2n) is 4.04. The van der Waals surface area contributed by atoms with E-state index in [1.54, 1.807) is 6.92 Å². The molecule has 7 heteroatoms. The fourth-order valence-corrected chi connectivity index (χ4v) is 1.74. The molecule has 20 heavy (non-hydrogen) atoms. The second-order valence-corrected chi connectivity index (χ2v) is 4.04. The van der Waals surface area contributed by atoms with Gasteiger partial charge in [-0.15, -0.1) is 0 Å². The molecule has 0 aliphatic rings. The van der Waals surface area contributed by atoms with E-state index < -0.39 is 23.2 Å². The average Bonchev–Trinajstić information content (AvgIpc) is 2.42. The third-order valence-corrected chi connectivity index (χ3v) is 2.81. The summed E-state index contributed by atoms with van der Waals surface area (Å²) in [5.74, 6) is 2.74. The van der Waals surface area contributed by atoms with Crippen LogP contribution in [0.4, 0.5) is 14.5 Å². The molecule has 0 bridgehead atoms. The van der Waals surface area contributed by atoms with Crippen molar-refractivity contribution in [1.29, 1.82) is 0 Å². The third-order valence-electron chi connectivity index (χ3n) is 2.81. The Hall–Kier alpha value is -1.73. The fourth-order valence-electron chi connectivity index (χ4n) is 1.74. The van der Waals surface area contributed by atoms with Crippen LogP contribution < -0.4 is 11.3 Å². The fraction of sp³-hybridized carbons (Fsp3) is 0.462. The number of hydrazine groups is 1. The lowest BCUT2D eigenvalue weighted by atomic mass is 10.1. The number of amides is 1. The molecule has 1 amide bonds. The molecule has 1 aromatic rings. The number of anilines is 1. The third kappa shape index (κ3) is 3.88. The van der Waals surface area contributed by atoms with Crippen molar-refractivity contribution < 1.29 is 18.3 Å². The number of nitrogens with zero attached hydrogens (tertiary/aromatic N) is 1. The van der Waals surface area contributed by atoms with E-state index in [0.717, 1.165) is 12.1 Å². The Morgan fingerprint density at radius 2 is 1.95 bits per heavy atom. The van der Waals surface area contributed by atoms with E-state index in [9.17, 15) is 13.6 Å². The van der Waals surface area contributed by atoms with E-state index in [1.165, 1.54) is 4.90 Å². The van der Waals surface area contributed by atoms with Crippen LogP contribution in [-0.4, -0.2) is 37.1 Å². The quantitative estimate of drug-likeness (QED) is 0.455. The van der Waals surface area contributed by atoms with E-state index >= 15 is 0 Å². The molecule has 0 fully saturated rings. The normalized spacial score (nSPS) is 10.4. The highest BCUT2D eigenvalue weighted by Gasteiger charge is 2.18. The molecule has 0 aliphatic carbocycles. The van der Waals surface area contributed by atoms with Crippen molar-refractivity contribution in [2.45, 2.75) is 13.8 Å². The number of hydrogen-bond acceptors (Lipinski definition) is 4. The number of halogens is 2. The van der Waals surface area contributed by atoms with Crippen molar-refractivity contribution in [1.82, 2.24) is 4.90 Å². The van der Waals surface area contributed by atoms with Crippen LogP contribution in [0.2, 0.25) is 0 Å². The Kier molecular flexibility index (Phi) is 6.33.